The van der Waals surface area contributed by atoms with Gasteiger partial charge in [-0.2, -0.15) is 0 Å². The number of nitrogens with one attached hydrogen (secondary N) is 2. The van der Waals surface area contributed by atoms with Crippen LogP contribution in [0.3, 0.4) is 0 Å². The molecule has 0 unspecified atom stereocenters. The zero-order valence-electron chi connectivity index (χ0n) is 15.0. The highest BCUT2D eigenvalue weighted by Gasteiger charge is 2.16. The zero-order chi connectivity index (χ0) is 19.2. The van der Waals surface area contributed by atoms with Gasteiger partial charge in [-0.1, -0.05) is 55.8 Å². The minimum absolute atomic E-state index is 0.0463. The molecule has 26 heavy (non-hydrogen) atoms. The lowest BCUT2D eigenvalue weighted by Gasteiger charge is -2.21. The minimum Gasteiger partial charge on any atom is -0.332 e. The summed E-state index contributed by atoms with van der Waals surface area (Å²) in [4.78, 5) is 12.4. The van der Waals surface area contributed by atoms with Crippen molar-refractivity contribution < 1.29 is 13.2 Å². The van der Waals surface area contributed by atoms with Crippen molar-refractivity contribution in [1.29, 1.82) is 0 Å². The largest absolute Gasteiger partial charge is 0.332 e. The van der Waals surface area contributed by atoms with Gasteiger partial charge in [0.2, 0.25) is 10.0 Å². The fourth-order valence-corrected chi connectivity index (χ4v) is 3.24. The number of carbonyl (C=O) groups is 1. The lowest BCUT2D eigenvalue weighted by atomic mass is 10.0. The molecule has 140 valence electrons. The molecule has 7 heteroatoms. The minimum atomic E-state index is -3.72. The van der Waals surface area contributed by atoms with Gasteiger partial charge in [0.25, 0.3) is 0 Å². The average Bonchev–Trinajstić information content (AvgIpc) is 2.61. The van der Waals surface area contributed by atoms with Crippen LogP contribution in [0.4, 0.5) is 4.79 Å². The SMILES string of the molecule is CCC[C@@H](NC(=O)N[C@H](C)c1ccc(S(N)(=O)=O)cc1)c1ccccc1. The van der Waals surface area contributed by atoms with Crippen molar-refractivity contribution in [3.63, 3.8) is 0 Å². The van der Waals surface area contributed by atoms with Crippen LogP contribution in [0, 0.1) is 0 Å². The Bertz CT molecular complexity index is 821. The lowest BCUT2D eigenvalue weighted by molar-refractivity contribution is 0.233. The number of nitrogens with two attached hydrogens (primary N) is 1. The Morgan fingerprint density at radius 3 is 2.15 bits per heavy atom. The number of rotatable bonds is 7. The highest BCUT2D eigenvalue weighted by Crippen LogP contribution is 2.19. The van der Waals surface area contributed by atoms with Crippen LogP contribution in [0.5, 0.6) is 0 Å². The van der Waals surface area contributed by atoms with Crippen LogP contribution in [-0.4, -0.2) is 14.4 Å². The first-order valence-electron chi connectivity index (χ1n) is 8.56. The van der Waals surface area contributed by atoms with E-state index in [-0.39, 0.29) is 23.0 Å². The standard InChI is InChI=1S/C19H25N3O3S/c1-3-7-18(16-8-5-4-6-9-16)22-19(23)21-14(2)15-10-12-17(13-11-15)26(20,24)25/h4-6,8-14,18H,3,7H2,1-2H3,(H2,20,24,25)(H2,21,22,23)/t14-,18-/m1/s1. The molecule has 0 fully saturated rings. The lowest BCUT2D eigenvalue weighted by Crippen LogP contribution is -2.39. The molecule has 0 heterocycles. The third kappa shape index (κ3) is 5.57. The van der Waals surface area contributed by atoms with E-state index in [1.807, 2.05) is 37.3 Å². The molecule has 4 N–H and O–H groups in total. The van der Waals surface area contributed by atoms with E-state index in [1.54, 1.807) is 12.1 Å². The Hall–Kier alpha value is -2.38. The third-order valence-electron chi connectivity index (χ3n) is 4.14. The highest BCUT2D eigenvalue weighted by molar-refractivity contribution is 7.89. The van der Waals surface area contributed by atoms with Crippen LogP contribution in [-0.2, 0) is 10.0 Å². The molecule has 0 aliphatic rings. The second kappa shape index (κ2) is 8.82. The molecule has 2 amide bonds. The smallest absolute Gasteiger partial charge is 0.315 e. The molecule has 2 aromatic rings. The fraction of sp³-hybridized carbons (Fsp3) is 0.316. The number of primary sulfonamides is 1. The first-order valence-corrected chi connectivity index (χ1v) is 10.1. The predicted octanol–water partition coefficient (Wildman–Crippen LogP) is 3.24. The molecular weight excluding hydrogens is 350 g/mol. The Labute approximate surface area is 154 Å². The van der Waals surface area contributed by atoms with E-state index < -0.39 is 10.0 Å². The molecule has 2 rings (SSSR count). The molecule has 0 saturated carbocycles. The number of amides is 2. The normalized spacial score (nSPS) is 13.7. The van der Waals surface area contributed by atoms with E-state index in [0.717, 1.165) is 24.0 Å². The summed E-state index contributed by atoms with van der Waals surface area (Å²) in [7, 11) is -3.72. The zero-order valence-corrected chi connectivity index (χ0v) is 15.8. The van der Waals surface area contributed by atoms with Crippen molar-refractivity contribution in [2.75, 3.05) is 0 Å². The fourth-order valence-electron chi connectivity index (χ4n) is 2.72. The van der Waals surface area contributed by atoms with Gasteiger partial charge >= 0.3 is 6.03 Å². The summed E-state index contributed by atoms with van der Waals surface area (Å²) in [6, 6.07) is 15.4. The molecule has 0 aliphatic heterocycles. The van der Waals surface area contributed by atoms with E-state index in [1.165, 1.54) is 12.1 Å². The average molecular weight is 375 g/mol. The van der Waals surface area contributed by atoms with Crippen molar-refractivity contribution in [3.8, 4) is 0 Å². The van der Waals surface area contributed by atoms with Crippen molar-refractivity contribution in [2.24, 2.45) is 5.14 Å². The molecule has 2 aromatic carbocycles. The molecule has 0 aliphatic carbocycles. The second-order valence-corrected chi connectivity index (χ2v) is 7.77. The van der Waals surface area contributed by atoms with Crippen molar-refractivity contribution in [3.05, 3.63) is 65.7 Å². The van der Waals surface area contributed by atoms with Gasteiger partial charge in [-0.15, -0.1) is 0 Å². The first kappa shape index (κ1) is 19.9. The Balaban J connectivity index is 2.01. The third-order valence-corrected chi connectivity index (χ3v) is 5.07. The van der Waals surface area contributed by atoms with E-state index in [0.29, 0.717) is 0 Å². The summed E-state index contributed by atoms with van der Waals surface area (Å²) in [6.45, 7) is 3.91. The van der Waals surface area contributed by atoms with Gasteiger partial charge in [0.1, 0.15) is 0 Å². The Kier molecular flexibility index (Phi) is 6.76. The quantitative estimate of drug-likeness (QED) is 0.692. The monoisotopic (exact) mass is 375 g/mol. The number of carbonyl (C=O) groups excluding carboxylic acids is 1. The highest BCUT2D eigenvalue weighted by atomic mass is 32.2. The van der Waals surface area contributed by atoms with E-state index in [2.05, 4.69) is 17.6 Å². The first-order chi connectivity index (χ1) is 12.3. The maximum atomic E-state index is 12.4. The summed E-state index contributed by atoms with van der Waals surface area (Å²) >= 11 is 0. The van der Waals surface area contributed by atoms with E-state index >= 15 is 0 Å². The van der Waals surface area contributed by atoms with Gasteiger partial charge in [-0.3, -0.25) is 0 Å². The maximum Gasteiger partial charge on any atom is 0.315 e. The molecule has 6 nitrogen and oxygen atoms in total. The molecule has 0 spiro atoms. The number of urea groups is 1. The Morgan fingerprint density at radius 2 is 1.62 bits per heavy atom. The topological polar surface area (TPSA) is 101 Å². The van der Waals surface area contributed by atoms with Gasteiger partial charge < -0.3 is 10.6 Å². The Morgan fingerprint density at radius 1 is 1.00 bits per heavy atom. The van der Waals surface area contributed by atoms with Gasteiger partial charge in [0, 0.05) is 0 Å². The summed E-state index contributed by atoms with van der Waals surface area (Å²) in [5.41, 5.74) is 1.86. The molecular formula is C19H25N3O3S. The summed E-state index contributed by atoms with van der Waals surface area (Å²) in [5.74, 6) is 0. The van der Waals surface area contributed by atoms with Crippen LogP contribution in [0.15, 0.2) is 59.5 Å². The van der Waals surface area contributed by atoms with Crippen LogP contribution >= 0.6 is 0 Å². The summed E-state index contributed by atoms with van der Waals surface area (Å²) in [6.07, 6.45) is 1.79. The number of sulfonamides is 1. The maximum absolute atomic E-state index is 12.4. The van der Waals surface area contributed by atoms with Gasteiger partial charge in [-0.05, 0) is 36.6 Å². The van der Waals surface area contributed by atoms with E-state index in [9.17, 15) is 13.2 Å². The number of hydrogen-bond donors (Lipinski definition) is 3. The molecule has 2 atom stereocenters. The van der Waals surface area contributed by atoms with Crippen LogP contribution < -0.4 is 15.8 Å². The molecule has 0 saturated heterocycles. The van der Waals surface area contributed by atoms with Gasteiger partial charge in [-0.25, -0.2) is 18.4 Å². The van der Waals surface area contributed by atoms with Crippen LogP contribution in [0.2, 0.25) is 0 Å². The van der Waals surface area contributed by atoms with Crippen molar-refractivity contribution in [1.82, 2.24) is 10.6 Å². The van der Waals surface area contributed by atoms with Crippen molar-refractivity contribution >= 4 is 16.1 Å². The summed E-state index contributed by atoms with van der Waals surface area (Å²) in [5, 5.41) is 11.0. The second-order valence-electron chi connectivity index (χ2n) is 6.21. The summed E-state index contributed by atoms with van der Waals surface area (Å²) < 4.78 is 22.6. The van der Waals surface area contributed by atoms with Crippen molar-refractivity contribution in [2.45, 2.75) is 43.7 Å². The molecule has 0 radical (unpaired) electrons. The molecule has 0 bridgehead atoms. The molecule has 0 aromatic heterocycles. The number of benzene rings is 2. The van der Waals surface area contributed by atoms with Crippen LogP contribution in [0.25, 0.3) is 0 Å². The predicted molar refractivity (Wildman–Crippen MR) is 102 cm³/mol. The van der Waals surface area contributed by atoms with Gasteiger partial charge in [0.15, 0.2) is 0 Å². The van der Waals surface area contributed by atoms with Gasteiger partial charge in [0.05, 0.1) is 17.0 Å². The van der Waals surface area contributed by atoms with E-state index in [4.69, 9.17) is 5.14 Å². The van der Waals surface area contributed by atoms with Crippen LogP contribution in [0.1, 0.15) is 49.9 Å². The number of hydrogen-bond acceptors (Lipinski definition) is 3.